The topological polar surface area (TPSA) is 17.3 Å². The Morgan fingerprint density at radius 1 is 1.22 bits per heavy atom. The molecule has 0 radical (unpaired) electrons. The zero-order valence-corrected chi connectivity index (χ0v) is 12.0. The first kappa shape index (κ1) is 11.8. The third-order valence-corrected chi connectivity index (χ3v) is 3.64. The summed E-state index contributed by atoms with van der Waals surface area (Å²) in [5, 5.41) is 0.756. The smallest absolute Gasteiger partial charge is 0.137 e. The molecule has 0 atom stereocenters. The molecule has 0 saturated heterocycles. The van der Waals surface area contributed by atoms with Gasteiger partial charge in [0.05, 0.1) is 11.9 Å². The standard InChI is InChI=1S/C14H10BrClN2/c1-9-6-11(16)3-4-12(9)13-7-17-14-5-2-10(15)8-18(13)14/h2-8H,1H3. The van der Waals surface area contributed by atoms with Crippen LogP contribution in [0.15, 0.2) is 47.2 Å². The first-order valence-electron chi connectivity index (χ1n) is 5.54. The van der Waals surface area contributed by atoms with Gasteiger partial charge in [-0.25, -0.2) is 4.98 Å². The molecule has 90 valence electrons. The highest BCUT2D eigenvalue weighted by Crippen LogP contribution is 2.27. The van der Waals surface area contributed by atoms with E-state index in [0.717, 1.165) is 32.0 Å². The number of rotatable bonds is 1. The largest absolute Gasteiger partial charge is 0.299 e. The molecule has 1 aromatic carbocycles. The SMILES string of the molecule is Cc1cc(Cl)ccc1-c1cnc2ccc(Br)cn12. The van der Waals surface area contributed by atoms with Crippen LogP contribution in [-0.4, -0.2) is 9.38 Å². The van der Waals surface area contributed by atoms with Crippen LogP contribution in [0, 0.1) is 6.92 Å². The van der Waals surface area contributed by atoms with Crippen LogP contribution in [0.2, 0.25) is 5.02 Å². The molecular formula is C14H10BrClN2. The minimum absolute atomic E-state index is 0.756. The number of aryl methyl sites for hydroxylation is 1. The fraction of sp³-hybridized carbons (Fsp3) is 0.0714. The van der Waals surface area contributed by atoms with E-state index in [1.165, 1.54) is 0 Å². The van der Waals surface area contributed by atoms with Gasteiger partial charge in [0.15, 0.2) is 0 Å². The molecule has 4 heteroatoms. The first-order valence-corrected chi connectivity index (χ1v) is 6.71. The van der Waals surface area contributed by atoms with Gasteiger partial charge in [0.1, 0.15) is 5.65 Å². The van der Waals surface area contributed by atoms with E-state index in [2.05, 4.69) is 32.2 Å². The number of halogens is 2. The molecule has 0 unspecified atom stereocenters. The molecule has 0 aliphatic rings. The summed E-state index contributed by atoms with van der Waals surface area (Å²) in [4.78, 5) is 4.41. The Bertz CT molecular complexity index is 734. The summed E-state index contributed by atoms with van der Waals surface area (Å²) in [5.41, 5.74) is 4.29. The maximum atomic E-state index is 5.99. The number of nitrogens with zero attached hydrogens (tertiary/aromatic N) is 2. The van der Waals surface area contributed by atoms with Gasteiger partial charge in [0, 0.05) is 21.3 Å². The summed E-state index contributed by atoms with van der Waals surface area (Å²) in [6.07, 6.45) is 3.91. The van der Waals surface area contributed by atoms with E-state index in [0.29, 0.717) is 0 Å². The van der Waals surface area contributed by atoms with Gasteiger partial charge in [-0.3, -0.25) is 4.40 Å². The van der Waals surface area contributed by atoms with Crippen LogP contribution < -0.4 is 0 Å². The first-order chi connectivity index (χ1) is 8.65. The number of hydrogen-bond donors (Lipinski definition) is 0. The molecule has 2 nitrogen and oxygen atoms in total. The highest BCUT2D eigenvalue weighted by Gasteiger charge is 2.08. The third-order valence-electron chi connectivity index (χ3n) is 2.93. The average molecular weight is 322 g/mol. The van der Waals surface area contributed by atoms with Crippen molar-refractivity contribution in [2.75, 3.05) is 0 Å². The van der Waals surface area contributed by atoms with E-state index in [1.807, 2.05) is 42.7 Å². The zero-order valence-electron chi connectivity index (χ0n) is 9.69. The Hall–Kier alpha value is -1.32. The Morgan fingerprint density at radius 3 is 2.83 bits per heavy atom. The van der Waals surface area contributed by atoms with Gasteiger partial charge < -0.3 is 0 Å². The van der Waals surface area contributed by atoms with Crippen LogP contribution in [0.3, 0.4) is 0 Å². The van der Waals surface area contributed by atoms with Gasteiger partial charge in [-0.1, -0.05) is 17.7 Å². The van der Waals surface area contributed by atoms with Crippen LogP contribution in [0.5, 0.6) is 0 Å². The van der Waals surface area contributed by atoms with E-state index < -0.39 is 0 Å². The molecule has 2 heterocycles. The van der Waals surface area contributed by atoms with Crippen molar-refractivity contribution in [1.29, 1.82) is 0 Å². The van der Waals surface area contributed by atoms with Gasteiger partial charge in [-0.15, -0.1) is 0 Å². The molecule has 0 N–H and O–H groups in total. The number of hydrogen-bond acceptors (Lipinski definition) is 1. The molecule has 0 aliphatic heterocycles. The molecule has 0 aliphatic carbocycles. The molecule has 18 heavy (non-hydrogen) atoms. The summed E-state index contributed by atoms with van der Waals surface area (Å²) in [5.74, 6) is 0. The second-order valence-corrected chi connectivity index (χ2v) is 5.53. The Labute approximate surface area is 118 Å². The fourth-order valence-electron chi connectivity index (χ4n) is 2.07. The Balaban J connectivity index is 2.28. The van der Waals surface area contributed by atoms with Crippen LogP contribution in [-0.2, 0) is 0 Å². The van der Waals surface area contributed by atoms with Gasteiger partial charge >= 0.3 is 0 Å². The molecule has 0 bridgehead atoms. The second kappa shape index (κ2) is 4.41. The summed E-state index contributed by atoms with van der Waals surface area (Å²) in [7, 11) is 0. The molecule has 0 saturated carbocycles. The number of pyridine rings is 1. The quantitative estimate of drug-likeness (QED) is 0.633. The van der Waals surface area contributed by atoms with E-state index in [9.17, 15) is 0 Å². The predicted molar refractivity (Wildman–Crippen MR) is 78.1 cm³/mol. The molecule has 3 rings (SSSR count). The van der Waals surface area contributed by atoms with Crippen molar-refractivity contribution < 1.29 is 0 Å². The number of aromatic nitrogens is 2. The van der Waals surface area contributed by atoms with Gasteiger partial charge in [-0.2, -0.15) is 0 Å². The molecule has 3 aromatic rings. The number of imidazole rings is 1. The number of benzene rings is 1. The monoisotopic (exact) mass is 320 g/mol. The van der Waals surface area contributed by atoms with Gasteiger partial charge in [-0.05, 0) is 52.7 Å². The Kier molecular flexibility index (Phi) is 2.88. The Morgan fingerprint density at radius 2 is 2.06 bits per heavy atom. The fourth-order valence-corrected chi connectivity index (χ4v) is 2.63. The van der Waals surface area contributed by atoms with E-state index in [1.54, 1.807) is 0 Å². The average Bonchev–Trinajstić information content (AvgIpc) is 2.72. The molecule has 2 aromatic heterocycles. The molecule has 0 spiro atoms. The van der Waals surface area contributed by atoms with Crippen molar-refractivity contribution >= 4 is 33.2 Å². The van der Waals surface area contributed by atoms with Crippen molar-refractivity contribution in [3.05, 3.63) is 57.8 Å². The lowest BCUT2D eigenvalue weighted by molar-refractivity contribution is 1.17. The van der Waals surface area contributed by atoms with Crippen molar-refractivity contribution in [2.45, 2.75) is 6.92 Å². The van der Waals surface area contributed by atoms with Crippen molar-refractivity contribution in [3.63, 3.8) is 0 Å². The van der Waals surface area contributed by atoms with Gasteiger partial charge in [0.2, 0.25) is 0 Å². The lowest BCUT2D eigenvalue weighted by Gasteiger charge is -2.06. The third kappa shape index (κ3) is 1.93. The predicted octanol–water partition coefficient (Wildman–Crippen LogP) is 4.73. The molecule has 0 amide bonds. The minimum Gasteiger partial charge on any atom is -0.299 e. The number of fused-ring (bicyclic) bond motifs is 1. The molecular weight excluding hydrogens is 312 g/mol. The highest BCUT2D eigenvalue weighted by atomic mass is 79.9. The summed E-state index contributed by atoms with van der Waals surface area (Å²) in [6, 6.07) is 9.87. The van der Waals surface area contributed by atoms with E-state index in [-0.39, 0.29) is 0 Å². The maximum Gasteiger partial charge on any atom is 0.137 e. The van der Waals surface area contributed by atoms with Crippen LogP contribution in [0.1, 0.15) is 5.56 Å². The minimum atomic E-state index is 0.756. The molecule has 0 fully saturated rings. The van der Waals surface area contributed by atoms with E-state index >= 15 is 0 Å². The second-order valence-electron chi connectivity index (χ2n) is 4.18. The van der Waals surface area contributed by atoms with Gasteiger partial charge in [0.25, 0.3) is 0 Å². The lowest BCUT2D eigenvalue weighted by Crippen LogP contribution is -1.90. The van der Waals surface area contributed by atoms with Crippen molar-refractivity contribution in [1.82, 2.24) is 9.38 Å². The van der Waals surface area contributed by atoms with E-state index in [4.69, 9.17) is 11.6 Å². The van der Waals surface area contributed by atoms with Crippen LogP contribution in [0.4, 0.5) is 0 Å². The summed E-state index contributed by atoms with van der Waals surface area (Å²) >= 11 is 9.48. The summed E-state index contributed by atoms with van der Waals surface area (Å²) < 4.78 is 3.10. The zero-order chi connectivity index (χ0) is 12.7. The highest BCUT2D eigenvalue weighted by molar-refractivity contribution is 9.10. The van der Waals surface area contributed by atoms with Crippen LogP contribution in [0.25, 0.3) is 16.9 Å². The van der Waals surface area contributed by atoms with Crippen molar-refractivity contribution in [2.24, 2.45) is 0 Å². The van der Waals surface area contributed by atoms with Crippen LogP contribution >= 0.6 is 27.5 Å². The lowest BCUT2D eigenvalue weighted by atomic mass is 10.1. The van der Waals surface area contributed by atoms with Crippen molar-refractivity contribution in [3.8, 4) is 11.3 Å². The normalized spacial score (nSPS) is 11.1. The maximum absolute atomic E-state index is 5.99. The summed E-state index contributed by atoms with van der Waals surface area (Å²) in [6.45, 7) is 2.05.